The van der Waals surface area contributed by atoms with Crippen LogP contribution in [0.2, 0.25) is 0 Å². The molecule has 0 saturated carbocycles. The molecule has 148 valence electrons. The minimum atomic E-state index is 0.133. The van der Waals surface area contributed by atoms with Crippen LogP contribution in [0.1, 0.15) is 48.6 Å². The SMILES string of the molecule is Cc1cc(-c2ccc3[se]c(-c4c(C)cc(C)cc4C)cc3n2)cc(C(C)(C)C)c1. The molecule has 2 heteroatoms. The van der Waals surface area contributed by atoms with Crippen LogP contribution in [0.4, 0.5) is 0 Å². The molecule has 0 radical (unpaired) electrons. The van der Waals surface area contributed by atoms with E-state index in [4.69, 9.17) is 4.98 Å². The van der Waals surface area contributed by atoms with E-state index in [1.807, 2.05) is 0 Å². The summed E-state index contributed by atoms with van der Waals surface area (Å²) in [5.74, 6) is 0. The van der Waals surface area contributed by atoms with E-state index in [1.54, 1.807) is 0 Å². The van der Waals surface area contributed by atoms with E-state index in [0.29, 0.717) is 14.5 Å². The van der Waals surface area contributed by atoms with Crippen LogP contribution in [0.5, 0.6) is 0 Å². The number of benzene rings is 2. The van der Waals surface area contributed by atoms with Crippen LogP contribution in [-0.2, 0) is 5.41 Å². The van der Waals surface area contributed by atoms with Gasteiger partial charge in [-0.05, 0) is 0 Å². The Morgan fingerprint density at radius 2 is 1.41 bits per heavy atom. The van der Waals surface area contributed by atoms with Crippen LogP contribution in [0.15, 0.2) is 48.5 Å². The van der Waals surface area contributed by atoms with Crippen molar-refractivity contribution >= 4 is 24.3 Å². The van der Waals surface area contributed by atoms with Gasteiger partial charge in [0.05, 0.1) is 0 Å². The quantitative estimate of drug-likeness (QED) is 0.298. The Morgan fingerprint density at radius 3 is 2.07 bits per heavy atom. The minimum absolute atomic E-state index is 0.133. The summed E-state index contributed by atoms with van der Waals surface area (Å²) in [5, 5.41) is 0. The number of fused-ring (bicyclic) bond motifs is 1. The van der Waals surface area contributed by atoms with Gasteiger partial charge < -0.3 is 0 Å². The molecule has 0 aliphatic rings. The molecule has 0 N–H and O–H groups in total. The maximum absolute atomic E-state index is 5.08. The normalized spacial score (nSPS) is 12.0. The van der Waals surface area contributed by atoms with Gasteiger partial charge in [0.25, 0.3) is 0 Å². The summed E-state index contributed by atoms with van der Waals surface area (Å²) >= 11 is 0.314. The van der Waals surface area contributed by atoms with Crippen molar-refractivity contribution in [1.29, 1.82) is 0 Å². The van der Waals surface area contributed by atoms with Gasteiger partial charge in [0.15, 0.2) is 0 Å². The topological polar surface area (TPSA) is 12.9 Å². The molecule has 0 unspecified atom stereocenters. The molecule has 0 amide bonds. The second-order valence-electron chi connectivity index (χ2n) is 9.30. The first-order valence-electron chi connectivity index (χ1n) is 10.2. The van der Waals surface area contributed by atoms with Crippen LogP contribution in [0.3, 0.4) is 0 Å². The van der Waals surface area contributed by atoms with Crippen LogP contribution < -0.4 is 0 Å². The molecule has 0 aliphatic carbocycles. The van der Waals surface area contributed by atoms with E-state index in [2.05, 4.69) is 97.0 Å². The van der Waals surface area contributed by atoms with Gasteiger partial charge in [-0.25, -0.2) is 0 Å². The van der Waals surface area contributed by atoms with Gasteiger partial charge in [-0.2, -0.15) is 0 Å². The number of rotatable bonds is 2. The van der Waals surface area contributed by atoms with Crippen LogP contribution >= 0.6 is 0 Å². The van der Waals surface area contributed by atoms with Crippen molar-refractivity contribution in [2.45, 2.75) is 53.9 Å². The number of hydrogen-bond acceptors (Lipinski definition) is 1. The predicted octanol–water partition coefficient (Wildman–Crippen LogP) is 7.16. The number of hydrogen-bond donors (Lipinski definition) is 0. The van der Waals surface area contributed by atoms with Gasteiger partial charge in [0.1, 0.15) is 0 Å². The van der Waals surface area contributed by atoms with Crippen molar-refractivity contribution in [2.75, 3.05) is 0 Å². The molecule has 0 aliphatic heterocycles. The van der Waals surface area contributed by atoms with Crippen molar-refractivity contribution in [3.8, 4) is 21.3 Å². The average molecular weight is 446 g/mol. The monoisotopic (exact) mass is 447 g/mol. The first-order chi connectivity index (χ1) is 13.6. The summed E-state index contributed by atoms with van der Waals surface area (Å²) in [6.45, 7) is 15.6. The van der Waals surface area contributed by atoms with Gasteiger partial charge in [0, 0.05) is 0 Å². The zero-order chi connectivity index (χ0) is 20.9. The van der Waals surface area contributed by atoms with Crippen LogP contribution in [-0.4, -0.2) is 19.5 Å². The molecule has 0 atom stereocenters. The molecule has 2 heterocycles. The standard InChI is InChI=1S/C27H29NSe/c1-16-10-18(3)26(19(4)11-16)25-15-23-24(29-25)9-8-22(28-23)20-12-17(2)13-21(14-20)27(5,6)7/h8-15H,1-7H3. The number of nitrogens with zero attached hydrogens (tertiary/aromatic N) is 1. The predicted molar refractivity (Wildman–Crippen MR) is 127 cm³/mol. The zero-order valence-electron chi connectivity index (χ0n) is 18.5. The van der Waals surface area contributed by atoms with Crippen molar-refractivity contribution in [3.05, 3.63) is 76.3 Å². The summed E-state index contributed by atoms with van der Waals surface area (Å²) in [5.41, 5.74) is 11.7. The van der Waals surface area contributed by atoms with Crippen molar-refractivity contribution in [3.63, 3.8) is 0 Å². The average Bonchev–Trinajstić information content (AvgIpc) is 3.02. The number of pyridine rings is 1. The van der Waals surface area contributed by atoms with E-state index in [1.165, 1.54) is 47.6 Å². The van der Waals surface area contributed by atoms with E-state index in [9.17, 15) is 0 Å². The summed E-state index contributed by atoms with van der Waals surface area (Å²) in [6, 6.07) is 18.3. The summed E-state index contributed by atoms with van der Waals surface area (Å²) in [6.07, 6.45) is 0. The second-order valence-corrected chi connectivity index (χ2v) is 11.6. The summed E-state index contributed by atoms with van der Waals surface area (Å²) < 4.78 is 2.84. The first-order valence-corrected chi connectivity index (χ1v) is 11.9. The molecule has 0 bridgehead atoms. The van der Waals surface area contributed by atoms with Crippen molar-refractivity contribution < 1.29 is 0 Å². The molecular formula is C27H29NSe. The van der Waals surface area contributed by atoms with E-state index in [0.717, 1.165) is 11.2 Å². The molecule has 0 fully saturated rings. The Hall–Kier alpha value is -2.15. The third-order valence-corrected chi connectivity index (χ3v) is 7.86. The molecule has 2 aromatic heterocycles. The fraction of sp³-hybridized carbons (Fsp3) is 0.296. The van der Waals surface area contributed by atoms with E-state index < -0.39 is 0 Å². The van der Waals surface area contributed by atoms with E-state index >= 15 is 0 Å². The number of aryl methyl sites for hydroxylation is 4. The molecule has 1 nitrogen and oxygen atoms in total. The zero-order valence-corrected chi connectivity index (χ0v) is 20.2. The van der Waals surface area contributed by atoms with Crippen LogP contribution in [0, 0.1) is 27.7 Å². The van der Waals surface area contributed by atoms with Crippen LogP contribution in [0.25, 0.3) is 31.0 Å². The Morgan fingerprint density at radius 1 is 0.759 bits per heavy atom. The molecule has 29 heavy (non-hydrogen) atoms. The molecule has 2 aromatic carbocycles. The maximum atomic E-state index is 5.08. The fourth-order valence-electron chi connectivity index (χ4n) is 4.14. The second kappa shape index (κ2) is 7.27. The third kappa shape index (κ3) is 3.97. The van der Waals surface area contributed by atoms with Crippen molar-refractivity contribution in [2.24, 2.45) is 0 Å². The Balaban J connectivity index is 1.82. The molecule has 0 saturated heterocycles. The summed E-state index contributed by atoms with van der Waals surface area (Å²) in [7, 11) is 0. The molecule has 0 spiro atoms. The van der Waals surface area contributed by atoms with Gasteiger partial charge in [-0.15, -0.1) is 0 Å². The van der Waals surface area contributed by atoms with E-state index in [-0.39, 0.29) is 5.41 Å². The Bertz CT molecular complexity index is 1200. The molecule has 4 aromatic rings. The third-order valence-electron chi connectivity index (χ3n) is 5.54. The number of aromatic nitrogens is 1. The van der Waals surface area contributed by atoms with Crippen molar-refractivity contribution in [1.82, 2.24) is 4.98 Å². The summed E-state index contributed by atoms with van der Waals surface area (Å²) in [4.78, 5) is 5.08. The molecule has 4 rings (SSSR count). The Kier molecular flexibility index (Phi) is 5.05. The fourth-order valence-corrected chi connectivity index (χ4v) is 6.61. The van der Waals surface area contributed by atoms with Gasteiger partial charge in [0.2, 0.25) is 0 Å². The molecular weight excluding hydrogens is 417 g/mol. The van der Waals surface area contributed by atoms with Gasteiger partial charge >= 0.3 is 181 Å². The Labute approximate surface area is 180 Å². The first kappa shape index (κ1) is 20.1. The van der Waals surface area contributed by atoms with Gasteiger partial charge in [-0.1, -0.05) is 0 Å². The van der Waals surface area contributed by atoms with Gasteiger partial charge in [-0.3, -0.25) is 0 Å².